The molecule has 1 rings (SSSR count). The van der Waals surface area contributed by atoms with Gasteiger partial charge < -0.3 is 15.4 Å². The number of carbonyl (C=O) groups excluding carboxylic acids is 1. The fourth-order valence-electron chi connectivity index (χ4n) is 2.20. The summed E-state index contributed by atoms with van der Waals surface area (Å²) < 4.78 is 5.35. The number of hydrogen-bond donors (Lipinski definition) is 1. The monoisotopic (exact) mass is 228 g/mol. The lowest BCUT2D eigenvalue weighted by molar-refractivity contribution is -0.157. The molecule has 0 aromatic rings. The molecule has 0 spiro atoms. The number of nitrogens with zero attached hydrogens (tertiary/aromatic N) is 1. The van der Waals surface area contributed by atoms with Crippen molar-refractivity contribution in [3.05, 3.63) is 0 Å². The predicted molar refractivity (Wildman–Crippen MR) is 64.1 cm³/mol. The second-order valence-electron chi connectivity index (χ2n) is 4.92. The zero-order chi connectivity index (χ0) is 12.3. The minimum Gasteiger partial charge on any atom is -0.369 e. The van der Waals surface area contributed by atoms with E-state index in [0.29, 0.717) is 6.42 Å². The van der Waals surface area contributed by atoms with E-state index in [0.717, 1.165) is 19.4 Å². The Morgan fingerprint density at radius 3 is 2.69 bits per heavy atom. The summed E-state index contributed by atoms with van der Waals surface area (Å²) in [6, 6.07) is 0.451. The van der Waals surface area contributed by atoms with Crippen molar-refractivity contribution in [2.75, 3.05) is 13.7 Å². The molecule has 1 fully saturated rings. The van der Waals surface area contributed by atoms with Crippen molar-refractivity contribution in [3.63, 3.8) is 0 Å². The van der Waals surface area contributed by atoms with E-state index >= 15 is 0 Å². The number of piperidine rings is 1. The summed E-state index contributed by atoms with van der Waals surface area (Å²) in [5, 5.41) is 0. The van der Waals surface area contributed by atoms with Crippen LogP contribution in [-0.4, -0.2) is 42.1 Å². The van der Waals surface area contributed by atoms with Crippen LogP contribution in [0.2, 0.25) is 0 Å². The van der Waals surface area contributed by atoms with Gasteiger partial charge in [0, 0.05) is 25.7 Å². The summed E-state index contributed by atoms with van der Waals surface area (Å²) >= 11 is 0. The molecule has 3 atom stereocenters. The smallest absolute Gasteiger partial charge is 0.254 e. The van der Waals surface area contributed by atoms with Crippen LogP contribution in [0.3, 0.4) is 0 Å². The van der Waals surface area contributed by atoms with Crippen LogP contribution in [0.4, 0.5) is 0 Å². The first-order valence-electron chi connectivity index (χ1n) is 6.06. The van der Waals surface area contributed by atoms with Crippen molar-refractivity contribution in [1.29, 1.82) is 0 Å². The van der Waals surface area contributed by atoms with E-state index < -0.39 is 5.60 Å². The first-order chi connectivity index (χ1) is 7.44. The molecular weight excluding hydrogens is 204 g/mol. The average Bonchev–Trinajstić information content (AvgIpc) is 2.27. The van der Waals surface area contributed by atoms with Crippen molar-refractivity contribution < 1.29 is 9.53 Å². The van der Waals surface area contributed by atoms with E-state index in [2.05, 4.69) is 6.92 Å². The van der Waals surface area contributed by atoms with Gasteiger partial charge in [-0.05, 0) is 33.1 Å². The third kappa shape index (κ3) is 2.55. The highest BCUT2D eigenvalue weighted by Crippen LogP contribution is 2.23. The summed E-state index contributed by atoms with van der Waals surface area (Å²) in [5.41, 5.74) is 5.21. The number of likely N-dealkylation sites (tertiary alicyclic amines) is 1. The third-order valence-corrected chi connectivity index (χ3v) is 3.76. The van der Waals surface area contributed by atoms with Crippen LogP contribution in [0.25, 0.3) is 0 Å². The molecule has 0 bridgehead atoms. The van der Waals surface area contributed by atoms with E-state index in [4.69, 9.17) is 10.5 Å². The third-order valence-electron chi connectivity index (χ3n) is 3.76. The zero-order valence-corrected chi connectivity index (χ0v) is 10.8. The highest BCUT2D eigenvalue weighted by Gasteiger charge is 2.38. The van der Waals surface area contributed by atoms with Crippen LogP contribution in [0.15, 0.2) is 0 Å². The largest absolute Gasteiger partial charge is 0.369 e. The summed E-state index contributed by atoms with van der Waals surface area (Å²) in [4.78, 5) is 14.3. The Kier molecular flexibility index (Phi) is 4.33. The molecule has 1 amide bonds. The van der Waals surface area contributed by atoms with Gasteiger partial charge in [0.1, 0.15) is 5.60 Å². The molecule has 2 N–H and O–H groups in total. The lowest BCUT2D eigenvalue weighted by atomic mass is 9.94. The van der Waals surface area contributed by atoms with Crippen LogP contribution < -0.4 is 5.73 Å². The Morgan fingerprint density at radius 2 is 2.25 bits per heavy atom. The van der Waals surface area contributed by atoms with Crippen molar-refractivity contribution >= 4 is 5.91 Å². The zero-order valence-electron chi connectivity index (χ0n) is 10.8. The van der Waals surface area contributed by atoms with Crippen LogP contribution >= 0.6 is 0 Å². The Labute approximate surface area is 98.1 Å². The SMILES string of the molecule is CCC(C)(OC)C(=O)N1CCC(N)CC1C. The molecule has 1 aliphatic heterocycles. The highest BCUT2D eigenvalue weighted by atomic mass is 16.5. The Morgan fingerprint density at radius 1 is 1.62 bits per heavy atom. The molecule has 4 heteroatoms. The molecule has 1 aliphatic rings. The maximum Gasteiger partial charge on any atom is 0.254 e. The molecule has 0 aromatic carbocycles. The molecular formula is C12H24N2O2. The number of carbonyl (C=O) groups is 1. The number of nitrogens with two attached hydrogens (primary N) is 1. The van der Waals surface area contributed by atoms with Gasteiger partial charge in [0.15, 0.2) is 0 Å². The number of amides is 1. The maximum atomic E-state index is 12.4. The molecule has 94 valence electrons. The molecule has 0 aromatic heterocycles. The van der Waals surface area contributed by atoms with E-state index in [-0.39, 0.29) is 18.0 Å². The molecule has 16 heavy (non-hydrogen) atoms. The summed E-state index contributed by atoms with van der Waals surface area (Å²) in [7, 11) is 1.60. The first-order valence-corrected chi connectivity index (χ1v) is 6.06. The molecule has 1 saturated heterocycles. The molecule has 1 heterocycles. The second-order valence-corrected chi connectivity index (χ2v) is 4.92. The quantitative estimate of drug-likeness (QED) is 0.788. The van der Waals surface area contributed by atoms with Gasteiger partial charge in [-0.3, -0.25) is 4.79 Å². The number of hydrogen-bond acceptors (Lipinski definition) is 3. The van der Waals surface area contributed by atoms with E-state index in [1.54, 1.807) is 7.11 Å². The van der Waals surface area contributed by atoms with Crippen molar-refractivity contribution in [2.45, 2.75) is 57.7 Å². The van der Waals surface area contributed by atoms with Crippen molar-refractivity contribution in [1.82, 2.24) is 4.90 Å². The minimum atomic E-state index is -0.685. The normalized spacial score (nSPS) is 29.9. The van der Waals surface area contributed by atoms with Gasteiger partial charge in [-0.15, -0.1) is 0 Å². The number of methoxy groups -OCH3 is 1. The minimum absolute atomic E-state index is 0.0944. The standard InChI is InChI=1S/C12H24N2O2/c1-5-12(3,16-4)11(15)14-7-6-10(13)8-9(14)2/h9-10H,5-8,13H2,1-4H3. The van der Waals surface area contributed by atoms with Crippen molar-refractivity contribution in [3.8, 4) is 0 Å². The van der Waals surface area contributed by atoms with Crippen LogP contribution in [0, 0.1) is 0 Å². The lowest BCUT2D eigenvalue weighted by Crippen LogP contribution is -2.55. The van der Waals surface area contributed by atoms with Gasteiger partial charge in [-0.1, -0.05) is 6.92 Å². The first kappa shape index (κ1) is 13.5. The van der Waals surface area contributed by atoms with Crippen LogP contribution in [-0.2, 0) is 9.53 Å². The van der Waals surface area contributed by atoms with Gasteiger partial charge in [0.2, 0.25) is 0 Å². The second kappa shape index (κ2) is 5.15. The van der Waals surface area contributed by atoms with Crippen LogP contribution in [0.5, 0.6) is 0 Å². The Balaban J connectivity index is 2.73. The molecule has 0 aliphatic carbocycles. The van der Waals surface area contributed by atoms with Gasteiger partial charge in [0.05, 0.1) is 0 Å². The topological polar surface area (TPSA) is 55.6 Å². The molecule has 4 nitrogen and oxygen atoms in total. The summed E-state index contributed by atoms with van der Waals surface area (Å²) in [6.07, 6.45) is 2.46. The van der Waals surface area contributed by atoms with Gasteiger partial charge in [-0.25, -0.2) is 0 Å². The van der Waals surface area contributed by atoms with Gasteiger partial charge in [-0.2, -0.15) is 0 Å². The fraction of sp³-hybridized carbons (Fsp3) is 0.917. The number of ether oxygens (including phenoxy) is 1. The van der Waals surface area contributed by atoms with Gasteiger partial charge in [0.25, 0.3) is 5.91 Å². The Hall–Kier alpha value is -0.610. The molecule has 0 radical (unpaired) electrons. The Bertz CT molecular complexity index is 251. The van der Waals surface area contributed by atoms with Crippen molar-refractivity contribution in [2.24, 2.45) is 5.73 Å². The number of rotatable bonds is 3. The molecule has 3 unspecified atom stereocenters. The highest BCUT2D eigenvalue weighted by molar-refractivity contribution is 5.85. The van der Waals surface area contributed by atoms with E-state index in [1.807, 2.05) is 18.7 Å². The van der Waals surface area contributed by atoms with E-state index in [1.165, 1.54) is 0 Å². The fourth-order valence-corrected chi connectivity index (χ4v) is 2.20. The average molecular weight is 228 g/mol. The predicted octanol–water partition coefficient (Wildman–Crippen LogP) is 1.14. The van der Waals surface area contributed by atoms with Gasteiger partial charge >= 0.3 is 0 Å². The maximum absolute atomic E-state index is 12.4. The molecule has 0 saturated carbocycles. The summed E-state index contributed by atoms with van der Waals surface area (Å²) in [6.45, 7) is 6.64. The summed E-state index contributed by atoms with van der Waals surface area (Å²) in [5.74, 6) is 0.0944. The van der Waals surface area contributed by atoms with E-state index in [9.17, 15) is 4.79 Å². The lowest BCUT2D eigenvalue weighted by Gasteiger charge is -2.41. The van der Waals surface area contributed by atoms with Crippen LogP contribution in [0.1, 0.15) is 40.0 Å².